The van der Waals surface area contributed by atoms with Crippen molar-refractivity contribution in [3.8, 4) is 12.3 Å². The summed E-state index contributed by atoms with van der Waals surface area (Å²) in [6, 6.07) is 1.60. The number of nitrogens with one attached hydrogen (secondary N) is 2. The van der Waals surface area contributed by atoms with Crippen molar-refractivity contribution in [3.63, 3.8) is 0 Å². The minimum absolute atomic E-state index is 0.0181. The largest absolute Gasteiger partial charge is 0.356 e. The van der Waals surface area contributed by atoms with E-state index >= 15 is 0 Å². The minimum atomic E-state index is -0.177. The molecular formula is C11H13ClN2O. The lowest BCUT2D eigenvalue weighted by Gasteiger charge is -2.13. The van der Waals surface area contributed by atoms with Crippen molar-refractivity contribution in [2.75, 3.05) is 0 Å². The lowest BCUT2D eigenvalue weighted by atomic mass is 10.1. The van der Waals surface area contributed by atoms with E-state index < -0.39 is 0 Å². The Bertz CT molecular complexity index is 378. The zero-order valence-electron chi connectivity index (χ0n) is 8.51. The van der Waals surface area contributed by atoms with E-state index in [1.54, 1.807) is 12.3 Å². The molecule has 1 aromatic heterocycles. The van der Waals surface area contributed by atoms with Crippen molar-refractivity contribution in [1.82, 2.24) is 10.3 Å². The van der Waals surface area contributed by atoms with Gasteiger partial charge in [0.05, 0.1) is 5.02 Å². The van der Waals surface area contributed by atoms with Gasteiger partial charge in [-0.3, -0.25) is 4.79 Å². The highest BCUT2D eigenvalue weighted by atomic mass is 35.5. The maximum Gasteiger partial charge on any atom is 0.267 e. The second-order valence-electron chi connectivity index (χ2n) is 3.22. The summed E-state index contributed by atoms with van der Waals surface area (Å²) < 4.78 is 0. The molecule has 0 aromatic carbocycles. The van der Waals surface area contributed by atoms with Crippen molar-refractivity contribution in [1.29, 1.82) is 0 Å². The van der Waals surface area contributed by atoms with Gasteiger partial charge in [-0.15, -0.1) is 12.3 Å². The quantitative estimate of drug-likeness (QED) is 0.757. The highest BCUT2D eigenvalue weighted by Crippen LogP contribution is 2.09. The molecule has 1 rings (SSSR count). The van der Waals surface area contributed by atoms with Gasteiger partial charge in [0, 0.05) is 18.7 Å². The molecule has 1 unspecified atom stereocenters. The van der Waals surface area contributed by atoms with Crippen LogP contribution in [0.4, 0.5) is 0 Å². The predicted molar refractivity (Wildman–Crippen MR) is 60.8 cm³/mol. The number of aromatic nitrogens is 1. The van der Waals surface area contributed by atoms with E-state index in [0.29, 0.717) is 17.1 Å². The van der Waals surface area contributed by atoms with E-state index in [4.69, 9.17) is 18.0 Å². The third-order valence-electron chi connectivity index (χ3n) is 2.08. The Morgan fingerprint density at radius 1 is 1.80 bits per heavy atom. The Morgan fingerprint density at radius 2 is 2.53 bits per heavy atom. The van der Waals surface area contributed by atoms with Crippen molar-refractivity contribution in [3.05, 3.63) is 23.0 Å². The van der Waals surface area contributed by atoms with Gasteiger partial charge in [-0.05, 0) is 12.5 Å². The van der Waals surface area contributed by atoms with Gasteiger partial charge >= 0.3 is 0 Å². The molecule has 0 aliphatic heterocycles. The lowest BCUT2D eigenvalue weighted by molar-refractivity contribution is 0.0932. The lowest BCUT2D eigenvalue weighted by Crippen LogP contribution is -2.34. The van der Waals surface area contributed by atoms with Gasteiger partial charge < -0.3 is 10.3 Å². The summed E-state index contributed by atoms with van der Waals surface area (Å²) in [5, 5.41) is 3.34. The van der Waals surface area contributed by atoms with Crippen molar-refractivity contribution >= 4 is 17.5 Å². The van der Waals surface area contributed by atoms with Crippen LogP contribution in [0.3, 0.4) is 0 Å². The van der Waals surface area contributed by atoms with Gasteiger partial charge in [0.15, 0.2) is 0 Å². The van der Waals surface area contributed by atoms with E-state index in [9.17, 15) is 4.79 Å². The molecule has 80 valence electrons. The van der Waals surface area contributed by atoms with Crippen molar-refractivity contribution in [2.45, 2.75) is 25.8 Å². The third-order valence-corrected chi connectivity index (χ3v) is 2.30. The summed E-state index contributed by atoms with van der Waals surface area (Å²) in [5.41, 5.74) is 0.454. The number of halogens is 1. The smallest absolute Gasteiger partial charge is 0.267 e. The number of hydrogen-bond acceptors (Lipinski definition) is 1. The van der Waals surface area contributed by atoms with Gasteiger partial charge in [0.1, 0.15) is 5.69 Å². The number of rotatable bonds is 4. The second kappa shape index (κ2) is 5.47. The Hall–Kier alpha value is -1.40. The standard InChI is InChI=1S/C11H13ClN2O/c1-3-5-9(4-2)14-11(15)10-6-8(12)7-13-10/h1,6-7,9,13H,4-5H2,2H3,(H,14,15). The molecule has 0 spiro atoms. The van der Waals surface area contributed by atoms with Crippen LogP contribution in [0.15, 0.2) is 12.3 Å². The molecule has 0 fully saturated rings. The van der Waals surface area contributed by atoms with Crippen LogP contribution >= 0.6 is 11.6 Å². The normalized spacial score (nSPS) is 11.8. The van der Waals surface area contributed by atoms with Crippen LogP contribution < -0.4 is 5.32 Å². The molecule has 1 amide bonds. The number of hydrogen-bond donors (Lipinski definition) is 2. The summed E-state index contributed by atoms with van der Waals surface area (Å²) in [4.78, 5) is 14.4. The molecular weight excluding hydrogens is 212 g/mol. The monoisotopic (exact) mass is 224 g/mol. The summed E-state index contributed by atoms with van der Waals surface area (Å²) in [7, 11) is 0. The Morgan fingerprint density at radius 3 is 3.00 bits per heavy atom. The van der Waals surface area contributed by atoms with Crippen LogP contribution in [0.1, 0.15) is 30.3 Å². The first kappa shape index (κ1) is 11.7. The number of terminal acetylenes is 1. The SMILES string of the molecule is C#CCC(CC)NC(=O)c1cc(Cl)c[nH]1. The molecule has 0 aliphatic rings. The minimum Gasteiger partial charge on any atom is -0.356 e. The molecule has 1 heterocycles. The average Bonchev–Trinajstić information content (AvgIpc) is 2.64. The fraction of sp³-hybridized carbons (Fsp3) is 0.364. The zero-order valence-corrected chi connectivity index (χ0v) is 9.27. The van der Waals surface area contributed by atoms with Crippen LogP contribution in [-0.2, 0) is 0 Å². The van der Waals surface area contributed by atoms with Gasteiger partial charge in [-0.2, -0.15) is 0 Å². The first-order valence-electron chi connectivity index (χ1n) is 4.75. The molecule has 0 aliphatic carbocycles. The average molecular weight is 225 g/mol. The Labute approximate surface area is 94.2 Å². The zero-order chi connectivity index (χ0) is 11.3. The van der Waals surface area contributed by atoms with Gasteiger partial charge in [0.2, 0.25) is 0 Å². The van der Waals surface area contributed by atoms with Gasteiger partial charge in [0.25, 0.3) is 5.91 Å². The van der Waals surface area contributed by atoms with E-state index in [2.05, 4.69) is 16.2 Å². The van der Waals surface area contributed by atoms with Gasteiger partial charge in [-0.1, -0.05) is 18.5 Å². The third kappa shape index (κ3) is 3.34. The topological polar surface area (TPSA) is 44.9 Å². The highest BCUT2D eigenvalue weighted by molar-refractivity contribution is 6.30. The fourth-order valence-electron chi connectivity index (χ4n) is 1.20. The summed E-state index contributed by atoms with van der Waals surface area (Å²) in [6.45, 7) is 1.98. The summed E-state index contributed by atoms with van der Waals surface area (Å²) >= 11 is 5.69. The molecule has 4 heteroatoms. The van der Waals surface area contributed by atoms with E-state index in [1.165, 1.54) is 0 Å². The predicted octanol–water partition coefficient (Wildman–Crippen LogP) is 2.20. The van der Waals surface area contributed by atoms with E-state index in [1.807, 2.05) is 6.92 Å². The Balaban J connectivity index is 2.59. The van der Waals surface area contributed by atoms with Crippen LogP contribution in [0.25, 0.3) is 0 Å². The highest BCUT2D eigenvalue weighted by Gasteiger charge is 2.12. The first-order chi connectivity index (χ1) is 7.17. The van der Waals surface area contributed by atoms with E-state index in [0.717, 1.165) is 6.42 Å². The molecule has 0 bridgehead atoms. The van der Waals surface area contributed by atoms with Crippen LogP contribution in [-0.4, -0.2) is 16.9 Å². The number of H-pyrrole nitrogens is 1. The molecule has 0 saturated heterocycles. The molecule has 0 radical (unpaired) electrons. The first-order valence-corrected chi connectivity index (χ1v) is 5.13. The fourth-order valence-corrected chi connectivity index (χ4v) is 1.37. The van der Waals surface area contributed by atoms with Gasteiger partial charge in [-0.25, -0.2) is 0 Å². The van der Waals surface area contributed by atoms with Crippen molar-refractivity contribution in [2.24, 2.45) is 0 Å². The van der Waals surface area contributed by atoms with E-state index in [-0.39, 0.29) is 11.9 Å². The number of aromatic amines is 1. The molecule has 1 aromatic rings. The molecule has 3 nitrogen and oxygen atoms in total. The van der Waals surface area contributed by atoms with Crippen molar-refractivity contribution < 1.29 is 4.79 Å². The Kier molecular flexibility index (Phi) is 4.26. The van der Waals surface area contributed by atoms with Crippen LogP contribution in [0.2, 0.25) is 5.02 Å². The van der Waals surface area contributed by atoms with Crippen LogP contribution in [0, 0.1) is 12.3 Å². The molecule has 0 saturated carbocycles. The number of amides is 1. The molecule has 1 atom stereocenters. The summed E-state index contributed by atoms with van der Waals surface area (Å²) in [6.07, 6.45) is 8.11. The van der Waals surface area contributed by atoms with Crippen LogP contribution in [0.5, 0.6) is 0 Å². The number of carbonyl (C=O) groups is 1. The number of carbonyl (C=O) groups excluding carboxylic acids is 1. The second-order valence-corrected chi connectivity index (χ2v) is 3.65. The maximum absolute atomic E-state index is 11.6. The maximum atomic E-state index is 11.6. The molecule has 2 N–H and O–H groups in total. The summed E-state index contributed by atoms with van der Waals surface area (Å²) in [5.74, 6) is 2.35. The molecule has 15 heavy (non-hydrogen) atoms.